The maximum absolute atomic E-state index is 4.28. The van der Waals surface area contributed by atoms with Gasteiger partial charge >= 0.3 is 0 Å². The average molecular weight is 228 g/mol. The molecule has 2 rings (SSSR count). The number of aromatic nitrogens is 3. The summed E-state index contributed by atoms with van der Waals surface area (Å²) in [5.41, 5.74) is 4.11. The molecular weight excluding hydrogens is 212 g/mol. The zero-order chi connectivity index (χ0) is 12.1. The van der Waals surface area contributed by atoms with Crippen molar-refractivity contribution in [1.29, 1.82) is 0 Å². The van der Waals surface area contributed by atoms with Gasteiger partial charge in [-0.25, -0.2) is 0 Å². The molecule has 0 bridgehead atoms. The summed E-state index contributed by atoms with van der Waals surface area (Å²) >= 11 is 0. The molecule has 0 aromatic carbocycles. The van der Waals surface area contributed by atoms with Crippen molar-refractivity contribution < 1.29 is 0 Å². The highest BCUT2D eigenvalue weighted by atomic mass is 14.9. The smallest absolute Gasteiger partial charge is 0.0724 e. The Bertz CT molecular complexity index is 416. The van der Waals surface area contributed by atoms with Crippen LogP contribution < -0.4 is 5.32 Å². The number of hydrogen-bond acceptors (Lipinski definition) is 4. The molecular formula is C13H16N4. The lowest BCUT2D eigenvalue weighted by Crippen LogP contribution is -2.14. The second-order valence-corrected chi connectivity index (χ2v) is 4.06. The van der Waals surface area contributed by atoms with E-state index in [-0.39, 0.29) is 0 Å². The third-order valence-corrected chi connectivity index (χ3v) is 2.44. The Kier molecular flexibility index (Phi) is 3.77. The van der Waals surface area contributed by atoms with Gasteiger partial charge in [-0.1, -0.05) is 6.07 Å². The fourth-order valence-corrected chi connectivity index (χ4v) is 1.45. The fourth-order valence-electron chi connectivity index (χ4n) is 1.45. The van der Waals surface area contributed by atoms with Crippen LogP contribution >= 0.6 is 0 Å². The van der Waals surface area contributed by atoms with Gasteiger partial charge in [0.05, 0.1) is 11.4 Å². The first-order valence-corrected chi connectivity index (χ1v) is 5.64. The lowest BCUT2D eigenvalue weighted by atomic mass is 10.2. The first-order valence-electron chi connectivity index (χ1n) is 5.64. The standard InChI is InChI=1S/C13H16N4/c1-10-3-4-12(7-15-10)6-14-8-13-9-16-11(2)5-17-13/h3-5,7,9,14H,6,8H2,1-2H3. The molecule has 4 nitrogen and oxygen atoms in total. The van der Waals surface area contributed by atoms with Crippen molar-refractivity contribution in [3.8, 4) is 0 Å². The summed E-state index contributed by atoms with van der Waals surface area (Å²) in [7, 11) is 0. The molecule has 0 aliphatic rings. The number of nitrogens with one attached hydrogen (secondary N) is 1. The molecule has 0 amide bonds. The second-order valence-electron chi connectivity index (χ2n) is 4.06. The highest BCUT2D eigenvalue weighted by Crippen LogP contribution is 1.99. The topological polar surface area (TPSA) is 50.7 Å². The molecule has 0 fully saturated rings. The minimum absolute atomic E-state index is 0.723. The van der Waals surface area contributed by atoms with Crippen LogP contribution in [0.4, 0.5) is 0 Å². The van der Waals surface area contributed by atoms with Gasteiger partial charge in [0.1, 0.15) is 0 Å². The van der Waals surface area contributed by atoms with Crippen LogP contribution in [0.3, 0.4) is 0 Å². The largest absolute Gasteiger partial charge is 0.307 e. The van der Waals surface area contributed by atoms with E-state index in [0.29, 0.717) is 0 Å². The highest BCUT2D eigenvalue weighted by Gasteiger charge is 1.96. The van der Waals surface area contributed by atoms with E-state index in [1.807, 2.05) is 26.1 Å². The summed E-state index contributed by atoms with van der Waals surface area (Å²) in [6.07, 6.45) is 5.48. The molecule has 0 saturated carbocycles. The van der Waals surface area contributed by atoms with Gasteiger partial charge < -0.3 is 5.32 Å². The van der Waals surface area contributed by atoms with Crippen molar-refractivity contribution in [3.63, 3.8) is 0 Å². The van der Waals surface area contributed by atoms with E-state index in [1.165, 1.54) is 5.56 Å². The predicted molar refractivity (Wildman–Crippen MR) is 66.3 cm³/mol. The van der Waals surface area contributed by atoms with E-state index in [1.54, 1.807) is 12.4 Å². The van der Waals surface area contributed by atoms with Crippen LogP contribution in [-0.4, -0.2) is 15.0 Å². The van der Waals surface area contributed by atoms with Gasteiger partial charge in [-0.15, -0.1) is 0 Å². The lowest BCUT2D eigenvalue weighted by Gasteiger charge is -2.04. The van der Waals surface area contributed by atoms with E-state index < -0.39 is 0 Å². The Labute approximate surface area is 101 Å². The van der Waals surface area contributed by atoms with E-state index in [0.717, 1.165) is 30.2 Å². The predicted octanol–water partition coefficient (Wildman–Crippen LogP) is 1.78. The number of aryl methyl sites for hydroxylation is 2. The summed E-state index contributed by atoms with van der Waals surface area (Å²) < 4.78 is 0. The van der Waals surface area contributed by atoms with Crippen LogP contribution in [-0.2, 0) is 13.1 Å². The van der Waals surface area contributed by atoms with Crippen molar-refractivity contribution in [2.75, 3.05) is 0 Å². The van der Waals surface area contributed by atoms with Crippen LogP contribution in [0.25, 0.3) is 0 Å². The van der Waals surface area contributed by atoms with Crippen LogP contribution in [0, 0.1) is 13.8 Å². The molecule has 0 spiro atoms. The lowest BCUT2D eigenvalue weighted by molar-refractivity contribution is 0.674. The SMILES string of the molecule is Cc1ccc(CNCc2cnc(C)cn2)cn1. The van der Waals surface area contributed by atoms with Gasteiger partial charge in [-0.05, 0) is 25.5 Å². The number of nitrogens with zero attached hydrogens (tertiary/aromatic N) is 3. The first-order chi connectivity index (χ1) is 8.24. The summed E-state index contributed by atoms with van der Waals surface area (Å²) in [6, 6.07) is 4.10. The van der Waals surface area contributed by atoms with E-state index >= 15 is 0 Å². The van der Waals surface area contributed by atoms with Crippen molar-refractivity contribution >= 4 is 0 Å². The molecule has 1 N–H and O–H groups in total. The highest BCUT2D eigenvalue weighted by molar-refractivity contribution is 5.13. The quantitative estimate of drug-likeness (QED) is 0.866. The molecule has 4 heteroatoms. The van der Waals surface area contributed by atoms with Crippen molar-refractivity contribution in [2.45, 2.75) is 26.9 Å². The van der Waals surface area contributed by atoms with Gasteiger partial charge in [-0.2, -0.15) is 0 Å². The second kappa shape index (κ2) is 5.50. The Morgan fingerprint density at radius 1 is 0.882 bits per heavy atom. The van der Waals surface area contributed by atoms with Gasteiger partial charge in [0, 0.05) is 37.4 Å². The molecule has 0 aliphatic heterocycles. The van der Waals surface area contributed by atoms with Gasteiger partial charge in [-0.3, -0.25) is 15.0 Å². The molecule has 0 unspecified atom stereocenters. The van der Waals surface area contributed by atoms with Crippen molar-refractivity contribution in [2.24, 2.45) is 0 Å². The number of hydrogen-bond donors (Lipinski definition) is 1. The summed E-state index contributed by atoms with van der Waals surface area (Å²) in [6.45, 7) is 5.44. The Hall–Kier alpha value is -1.81. The normalized spacial score (nSPS) is 10.5. The Balaban J connectivity index is 1.83. The molecule has 88 valence electrons. The van der Waals surface area contributed by atoms with Crippen LogP contribution in [0.2, 0.25) is 0 Å². The third kappa shape index (κ3) is 3.60. The molecule has 2 aromatic rings. The van der Waals surface area contributed by atoms with Gasteiger partial charge in [0.15, 0.2) is 0 Å². The van der Waals surface area contributed by atoms with Crippen molar-refractivity contribution in [3.05, 3.63) is 53.4 Å². The summed E-state index contributed by atoms with van der Waals surface area (Å²) in [4.78, 5) is 12.7. The van der Waals surface area contributed by atoms with E-state index in [9.17, 15) is 0 Å². The molecule has 0 radical (unpaired) electrons. The minimum Gasteiger partial charge on any atom is -0.307 e. The Morgan fingerprint density at radius 2 is 1.71 bits per heavy atom. The maximum Gasteiger partial charge on any atom is 0.0724 e. The zero-order valence-corrected chi connectivity index (χ0v) is 10.1. The van der Waals surface area contributed by atoms with E-state index in [4.69, 9.17) is 0 Å². The average Bonchev–Trinajstić information content (AvgIpc) is 2.34. The van der Waals surface area contributed by atoms with Crippen LogP contribution in [0.5, 0.6) is 0 Å². The molecule has 2 heterocycles. The minimum atomic E-state index is 0.723. The van der Waals surface area contributed by atoms with Crippen LogP contribution in [0.15, 0.2) is 30.7 Å². The number of rotatable bonds is 4. The van der Waals surface area contributed by atoms with Crippen molar-refractivity contribution in [1.82, 2.24) is 20.3 Å². The molecule has 0 atom stereocenters. The Morgan fingerprint density at radius 3 is 2.35 bits per heavy atom. The molecule has 0 aliphatic carbocycles. The van der Waals surface area contributed by atoms with E-state index in [2.05, 4.69) is 26.3 Å². The molecule has 17 heavy (non-hydrogen) atoms. The number of pyridine rings is 1. The molecule has 0 saturated heterocycles. The first kappa shape index (κ1) is 11.7. The maximum atomic E-state index is 4.28. The summed E-state index contributed by atoms with van der Waals surface area (Å²) in [5, 5.41) is 3.31. The van der Waals surface area contributed by atoms with Gasteiger partial charge in [0.25, 0.3) is 0 Å². The molecule has 2 aromatic heterocycles. The van der Waals surface area contributed by atoms with Crippen LogP contribution in [0.1, 0.15) is 22.6 Å². The summed E-state index contributed by atoms with van der Waals surface area (Å²) in [5.74, 6) is 0. The zero-order valence-electron chi connectivity index (χ0n) is 10.1. The fraction of sp³-hybridized carbons (Fsp3) is 0.308. The van der Waals surface area contributed by atoms with Gasteiger partial charge in [0.2, 0.25) is 0 Å². The monoisotopic (exact) mass is 228 g/mol. The third-order valence-electron chi connectivity index (χ3n) is 2.44.